The summed E-state index contributed by atoms with van der Waals surface area (Å²) in [6, 6.07) is 18.2. The second-order valence-electron chi connectivity index (χ2n) is 19.0. The first kappa shape index (κ1) is 49.0. The molecule has 2 amide bonds. The average molecular weight is 828 g/mol. The molecule has 2 aromatic carbocycles. The first-order chi connectivity index (χ1) is 28.8. The van der Waals surface area contributed by atoms with E-state index in [2.05, 4.69) is 15.5 Å². The van der Waals surface area contributed by atoms with E-state index < -0.39 is 29.3 Å². The Labute approximate surface area is 361 Å². The van der Waals surface area contributed by atoms with Gasteiger partial charge in [0, 0.05) is 49.6 Å². The third kappa shape index (κ3) is 18.1. The lowest BCUT2D eigenvalue weighted by Gasteiger charge is -2.27. The Balaban J connectivity index is 1.37. The Hall–Kier alpha value is -3.69. The zero-order valence-electron chi connectivity index (χ0n) is 37.7. The maximum atomic E-state index is 14.3. The number of hydrogen-bond donors (Lipinski definition) is 2. The van der Waals surface area contributed by atoms with Crippen LogP contribution in [0.3, 0.4) is 0 Å². The first-order valence-electron chi connectivity index (χ1n) is 23.4. The van der Waals surface area contributed by atoms with Crippen LogP contribution in [-0.2, 0) is 41.6 Å². The monoisotopic (exact) mass is 828 g/mol. The summed E-state index contributed by atoms with van der Waals surface area (Å²) in [7, 11) is 0. The van der Waals surface area contributed by atoms with Gasteiger partial charge in [-0.05, 0) is 87.3 Å². The number of carbonyl (C=O) groups excluding carboxylic acids is 5. The quantitative estimate of drug-likeness (QED) is 0.0755. The van der Waals surface area contributed by atoms with Crippen LogP contribution in [0, 0.1) is 29.1 Å². The molecule has 9 heteroatoms. The van der Waals surface area contributed by atoms with E-state index in [9.17, 15) is 24.0 Å². The highest BCUT2D eigenvalue weighted by atomic mass is 16.5. The van der Waals surface area contributed by atoms with E-state index in [4.69, 9.17) is 4.74 Å². The third-order valence-electron chi connectivity index (χ3n) is 12.5. The number of nitrogens with zero attached hydrogens (tertiary/aromatic N) is 1. The second kappa shape index (κ2) is 25.9. The molecule has 1 aliphatic carbocycles. The number of carbonyl (C=O) groups is 5. The SMILES string of the molecule is CC(C)CC(NC(=O)C(CC(=O)[C@H](CC(C)C)NC(=O)[C@H](CCc1ccccc1)CC(=O)CCCCCCCCCN1CCOCC1)Cc1ccccc1)C(=O)C1(C)CC1. The highest BCUT2D eigenvalue weighted by Gasteiger charge is 2.48. The molecule has 4 atom stereocenters. The van der Waals surface area contributed by atoms with Crippen molar-refractivity contribution in [2.24, 2.45) is 29.1 Å². The van der Waals surface area contributed by atoms with E-state index >= 15 is 0 Å². The van der Waals surface area contributed by atoms with E-state index in [0.717, 1.165) is 76.1 Å². The molecule has 2 N–H and O–H groups in total. The standard InChI is InChI=1S/C51H77N3O6/c1-38(2)33-45(47(56)37-43(35-41-21-15-12-16-22-41)50(59)53-46(34-39(3)4)48(57)51(5)26-27-51)52-49(58)42(25-24-40-19-13-11-14-20-40)36-44(55)23-17-9-7-6-8-10-18-28-54-29-31-60-32-30-54/h11-16,19-22,38-39,42-43,45-46H,6-10,17-18,23-37H2,1-5H3,(H,52,58)(H,53,59)/t42-,43?,45+,46?/m1/s1. The molecule has 2 fully saturated rings. The Morgan fingerprint density at radius 1 is 0.667 bits per heavy atom. The lowest BCUT2D eigenvalue weighted by Crippen LogP contribution is -2.49. The van der Waals surface area contributed by atoms with Gasteiger partial charge in [0.05, 0.1) is 25.3 Å². The van der Waals surface area contributed by atoms with Crippen LogP contribution < -0.4 is 10.6 Å². The zero-order chi connectivity index (χ0) is 43.3. The lowest BCUT2D eigenvalue weighted by molar-refractivity contribution is -0.135. The van der Waals surface area contributed by atoms with Gasteiger partial charge in [0.25, 0.3) is 0 Å². The van der Waals surface area contributed by atoms with Crippen LogP contribution in [0.2, 0.25) is 0 Å². The molecule has 60 heavy (non-hydrogen) atoms. The summed E-state index contributed by atoms with van der Waals surface area (Å²) in [6.45, 7) is 15.0. The number of Topliss-reactive ketones (excluding diaryl/α,β-unsaturated/α-hetero) is 3. The van der Waals surface area contributed by atoms with Crippen molar-refractivity contribution in [3.63, 3.8) is 0 Å². The number of rotatable bonds is 30. The summed E-state index contributed by atoms with van der Waals surface area (Å²) in [5.41, 5.74) is 1.63. The predicted octanol–water partition coefficient (Wildman–Crippen LogP) is 8.90. The fourth-order valence-electron chi connectivity index (χ4n) is 8.47. The minimum absolute atomic E-state index is 0.0697. The van der Waals surface area contributed by atoms with Gasteiger partial charge >= 0.3 is 0 Å². The summed E-state index contributed by atoms with van der Waals surface area (Å²) < 4.78 is 5.44. The first-order valence-corrected chi connectivity index (χ1v) is 23.4. The normalized spacial score (nSPS) is 17.1. The number of ether oxygens (including phenoxy) is 1. The van der Waals surface area contributed by atoms with E-state index in [-0.39, 0.29) is 53.8 Å². The molecule has 2 aliphatic rings. The van der Waals surface area contributed by atoms with Crippen molar-refractivity contribution in [1.29, 1.82) is 0 Å². The van der Waals surface area contributed by atoms with Gasteiger partial charge in [0.2, 0.25) is 11.8 Å². The van der Waals surface area contributed by atoms with Gasteiger partial charge in [-0.25, -0.2) is 0 Å². The smallest absolute Gasteiger partial charge is 0.224 e. The van der Waals surface area contributed by atoms with E-state index in [1.165, 1.54) is 25.7 Å². The minimum Gasteiger partial charge on any atom is -0.379 e. The Morgan fingerprint density at radius 3 is 1.80 bits per heavy atom. The molecule has 2 aromatic rings. The number of unbranched alkanes of at least 4 members (excludes halogenated alkanes) is 6. The van der Waals surface area contributed by atoms with Crippen molar-refractivity contribution in [2.75, 3.05) is 32.8 Å². The highest BCUT2D eigenvalue weighted by molar-refractivity contribution is 5.97. The molecule has 9 nitrogen and oxygen atoms in total. The van der Waals surface area contributed by atoms with Crippen molar-refractivity contribution >= 4 is 29.2 Å². The summed E-state index contributed by atoms with van der Waals surface area (Å²) in [5, 5.41) is 6.19. The fraction of sp³-hybridized carbons (Fsp3) is 0.667. The maximum Gasteiger partial charge on any atom is 0.224 e. The van der Waals surface area contributed by atoms with Gasteiger partial charge in [0.15, 0.2) is 11.6 Å². The largest absolute Gasteiger partial charge is 0.379 e. The molecule has 0 aromatic heterocycles. The molecule has 2 unspecified atom stereocenters. The topological polar surface area (TPSA) is 122 Å². The van der Waals surface area contributed by atoms with Crippen molar-refractivity contribution in [2.45, 2.75) is 156 Å². The van der Waals surface area contributed by atoms with Crippen molar-refractivity contribution in [3.05, 3.63) is 71.8 Å². The summed E-state index contributed by atoms with van der Waals surface area (Å²) >= 11 is 0. The molecule has 0 radical (unpaired) electrons. The number of amides is 2. The second-order valence-corrected chi connectivity index (χ2v) is 19.0. The Morgan fingerprint density at radius 2 is 1.20 bits per heavy atom. The molecular formula is C51H77N3O6. The van der Waals surface area contributed by atoms with Gasteiger partial charge in [0.1, 0.15) is 5.78 Å². The van der Waals surface area contributed by atoms with Crippen LogP contribution in [0.5, 0.6) is 0 Å². The summed E-state index contributed by atoms with van der Waals surface area (Å²) in [6.07, 6.45) is 12.4. The van der Waals surface area contributed by atoms with Crippen molar-refractivity contribution < 1.29 is 28.7 Å². The van der Waals surface area contributed by atoms with Gasteiger partial charge < -0.3 is 15.4 Å². The predicted molar refractivity (Wildman–Crippen MR) is 240 cm³/mol. The van der Waals surface area contributed by atoms with Crippen LogP contribution in [0.15, 0.2) is 60.7 Å². The summed E-state index contributed by atoms with van der Waals surface area (Å²) in [5.74, 6) is -1.61. The third-order valence-corrected chi connectivity index (χ3v) is 12.5. The Bertz CT molecular complexity index is 1600. The number of benzene rings is 2. The number of ketones is 3. The molecule has 1 saturated carbocycles. The van der Waals surface area contributed by atoms with E-state index in [0.29, 0.717) is 38.5 Å². The zero-order valence-corrected chi connectivity index (χ0v) is 37.7. The molecule has 332 valence electrons. The molecule has 0 spiro atoms. The lowest BCUT2D eigenvalue weighted by atomic mass is 9.87. The molecule has 1 saturated heterocycles. The Kier molecular flexibility index (Phi) is 21.2. The average Bonchev–Trinajstić information content (AvgIpc) is 3.99. The molecule has 0 bridgehead atoms. The number of morpholine rings is 1. The molecule has 1 heterocycles. The fourth-order valence-corrected chi connectivity index (χ4v) is 8.47. The van der Waals surface area contributed by atoms with Gasteiger partial charge in [-0.3, -0.25) is 28.9 Å². The molecular weight excluding hydrogens is 751 g/mol. The van der Waals surface area contributed by atoms with Crippen molar-refractivity contribution in [1.82, 2.24) is 15.5 Å². The highest BCUT2D eigenvalue weighted by Crippen LogP contribution is 2.47. The van der Waals surface area contributed by atoms with Gasteiger partial charge in [-0.15, -0.1) is 0 Å². The number of hydrogen-bond acceptors (Lipinski definition) is 7. The number of aryl methyl sites for hydroxylation is 1. The number of nitrogens with one attached hydrogen (secondary N) is 2. The van der Waals surface area contributed by atoms with Crippen LogP contribution in [0.25, 0.3) is 0 Å². The minimum atomic E-state index is -0.801. The van der Waals surface area contributed by atoms with Crippen LogP contribution in [0.1, 0.15) is 142 Å². The van der Waals surface area contributed by atoms with Crippen LogP contribution in [0.4, 0.5) is 0 Å². The molecule has 1 aliphatic heterocycles. The van der Waals surface area contributed by atoms with E-state index in [1.807, 2.05) is 95.3 Å². The van der Waals surface area contributed by atoms with Gasteiger partial charge in [-0.1, -0.05) is 127 Å². The van der Waals surface area contributed by atoms with E-state index in [1.54, 1.807) is 0 Å². The maximum absolute atomic E-state index is 14.3. The summed E-state index contributed by atoms with van der Waals surface area (Å²) in [4.78, 5) is 72.1. The molecule has 4 rings (SSSR count). The van der Waals surface area contributed by atoms with Crippen molar-refractivity contribution in [3.8, 4) is 0 Å². The van der Waals surface area contributed by atoms with Crippen LogP contribution in [-0.4, -0.2) is 79.0 Å². The van der Waals surface area contributed by atoms with Crippen LogP contribution >= 0.6 is 0 Å². The van der Waals surface area contributed by atoms with Gasteiger partial charge in [-0.2, -0.15) is 0 Å².